The van der Waals surface area contributed by atoms with E-state index in [9.17, 15) is 0 Å². The van der Waals surface area contributed by atoms with Crippen LogP contribution in [-0.2, 0) is 6.54 Å². The minimum atomic E-state index is 0.782. The van der Waals surface area contributed by atoms with Crippen LogP contribution in [0.1, 0.15) is 11.1 Å². The van der Waals surface area contributed by atoms with Gasteiger partial charge in [-0.3, -0.25) is 0 Å². The second kappa shape index (κ2) is 5.44. The third-order valence-electron chi connectivity index (χ3n) is 2.99. The maximum Gasteiger partial charge on any atom is 0.0461 e. The monoisotopic (exact) mass is 304 g/mol. The van der Waals surface area contributed by atoms with E-state index in [1.807, 2.05) is 12.1 Å². The van der Waals surface area contributed by atoms with Gasteiger partial charge in [-0.2, -0.15) is 0 Å². The van der Waals surface area contributed by atoms with Gasteiger partial charge in [0.25, 0.3) is 0 Å². The second-order valence-corrected chi connectivity index (χ2v) is 5.30. The Kier molecular flexibility index (Phi) is 3.92. The molecule has 0 atom stereocenters. The van der Waals surface area contributed by atoms with E-state index in [4.69, 9.17) is 5.73 Å². The fraction of sp³-hybridized carbons (Fsp3) is 0.200. The zero-order valence-corrected chi connectivity index (χ0v) is 12.2. The Labute approximate surface area is 117 Å². The molecule has 94 valence electrons. The van der Waals surface area contributed by atoms with Crippen molar-refractivity contribution in [2.24, 2.45) is 0 Å². The fourth-order valence-corrected chi connectivity index (χ4v) is 2.26. The van der Waals surface area contributed by atoms with Gasteiger partial charge in [-0.05, 0) is 46.6 Å². The van der Waals surface area contributed by atoms with E-state index in [1.165, 1.54) is 16.8 Å². The number of hydrogen-bond acceptors (Lipinski definition) is 2. The van der Waals surface area contributed by atoms with Gasteiger partial charge in [0.05, 0.1) is 0 Å². The molecule has 0 bridgehead atoms. The Hall–Kier alpha value is -1.48. The molecule has 0 unspecified atom stereocenters. The molecule has 2 aromatic carbocycles. The SMILES string of the molecule is Cc1ccc(N(C)Cc2cccc(N)c2Br)cc1. The van der Waals surface area contributed by atoms with E-state index >= 15 is 0 Å². The number of hydrogen-bond donors (Lipinski definition) is 1. The Balaban J connectivity index is 2.18. The highest BCUT2D eigenvalue weighted by atomic mass is 79.9. The highest BCUT2D eigenvalue weighted by Gasteiger charge is 2.06. The Morgan fingerprint density at radius 3 is 2.44 bits per heavy atom. The average Bonchev–Trinajstić information content (AvgIpc) is 2.36. The first-order valence-corrected chi connectivity index (χ1v) is 6.68. The van der Waals surface area contributed by atoms with Crippen LogP contribution in [0.25, 0.3) is 0 Å². The molecule has 3 heteroatoms. The molecule has 2 nitrogen and oxygen atoms in total. The van der Waals surface area contributed by atoms with Crippen LogP contribution in [0, 0.1) is 6.92 Å². The Morgan fingerprint density at radius 1 is 1.11 bits per heavy atom. The molecule has 0 aliphatic carbocycles. The molecule has 0 aliphatic heterocycles. The lowest BCUT2D eigenvalue weighted by atomic mass is 10.1. The third kappa shape index (κ3) is 2.85. The molecule has 0 aromatic heterocycles. The standard InChI is InChI=1S/C15H17BrN2/c1-11-6-8-13(9-7-11)18(2)10-12-4-3-5-14(17)15(12)16/h3-9H,10,17H2,1-2H3. The van der Waals surface area contributed by atoms with Crippen LogP contribution in [0.3, 0.4) is 0 Å². The molecule has 0 saturated heterocycles. The molecule has 2 aromatic rings. The molecule has 2 N–H and O–H groups in total. The summed E-state index contributed by atoms with van der Waals surface area (Å²) >= 11 is 3.54. The van der Waals surface area contributed by atoms with Gasteiger partial charge in [0, 0.05) is 29.4 Å². The summed E-state index contributed by atoms with van der Waals surface area (Å²) in [6, 6.07) is 14.5. The van der Waals surface area contributed by atoms with Crippen molar-refractivity contribution in [1.82, 2.24) is 0 Å². The van der Waals surface area contributed by atoms with Crippen molar-refractivity contribution in [2.75, 3.05) is 17.7 Å². The largest absolute Gasteiger partial charge is 0.398 e. The van der Waals surface area contributed by atoms with Crippen molar-refractivity contribution in [3.8, 4) is 0 Å². The summed E-state index contributed by atoms with van der Waals surface area (Å²) in [5.41, 5.74) is 10.3. The maximum absolute atomic E-state index is 5.89. The van der Waals surface area contributed by atoms with Crippen LogP contribution in [0.4, 0.5) is 11.4 Å². The lowest BCUT2D eigenvalue weighted by Crippen LogP contribution is -2.16. The van der Waals surface area contributed by atoms with Gasteiger partial charge in [-0.1, -0.05) is 29.8 Å². The molecular weight excluding hydrogens is 288 g/mol. The fourth-order valence-electron chi connectivity index (χ4n) is 1.87. The van der Waals surface area contributed by atoms with Crippen molar-refractivity contribution in [1.29, 1.82) is 0 Å². The molecule has 2 rings (SSSR count). The summed E-state index contributed by atoms with van der Waals surface area (Å²) < 4.78 is 0.990. The minimum absolute atomic E-state index is 0.782. The molecule has 0 fully saturated rings. The smallest absolute Gasteiger partial charge is 0.0461 e. The van der Waals surface area contributed by atoms with Crippen LogP contribution in [0.2, 0.25) is 0 Å². The van der Waals surface area contributed by atoms with E-state index in [2.05, 4.69) is 65.1 Å². The number of nitrogens with two attached hydrogens (primary N) is 1. The quantitative estimate of drug-likeness (QED) is 0.869. The van der Waals surface area contributed by atoms with Gasteiger partial charge < -0.3 is 10.6 Å². The number of rotatable bonds is 3. The first-order chi connectivity index (χ1) is 8.58. The lowest BCUT2D eigenvalue weighted by Gasteiger charge is -2.20. The van der Waals surface area contributed by atoms with Gasteiger partial charge in [-0.15, -0.1) is 0 Å². The number of anilines is 2. The first-order valence-electron chi connectivity index (χ1n) is 5.88. The van der Waals surface area contributed by atoms with Gasteiger partial charge in [0.1, 0.15) is 0 Å². The summed E-state index contributed by atoms with van der Waals surface area (Å²) in [4.78, 5) is 2.21. The molecule has 0 aliphatic rings. The minimum Gasteiger partial charge on any atom is -0.398 e. The lowest BCUT2D eigenvalue weighted by molar-refractivity contribution is 0.919. The Bertz CT molecular complexity index is 535. The van der Waals surface area contributed by atoms with Crippen LogP contribution in [-0.4, -0.2) is 7.05 Å². The van der Waals surface area contributed by atoms with Gasteiger partial charge in [0.15, 0.2) is 0 Å². The molecule has 0 heterocycles. The topological polar surface area (TPSA) is 29.3 Å². The number of halogens is 1. The molecule has 18 heavy (non-hydrogen) atoms. The molecule has 0 amide bonds. The highest BCUT2D eigenvalue weighted by molar-refractivity contribution is 9.10. The average molecular weight is 305 g/mol. The molecule has 0 saturated carbocycles. The number of aryl methyl sites for hydroxylation is 1. The Morgan fingerprint density at radius 2 is 1.78 bits per heavy atom. The number of benzene rings is 2. The summed E-state index contributed by atoms with van der Waals surface area (Å²) in [5.74, 6) is 0. The first kappa shape index (κ1) is 13.0. The van der Waals surface area contributed by atoms with Gasteiger partial charge >= 0.3 is 0 Å². The summed E-state index contributed by atoms with van der Waals surface area (Å²) in [5, 5.41) is 0. The second-order valence-electron chi connectivity index (χ2n) is 4.51. The van der Waals surface area contributed by atoms with Crippen LogP contribution in [0.5, 0.6) is 0 Å². The zero-order chi connectivity index (χ0) is 13.1. The number of nitrogen functional groups attached to an aromatic ring is 1. The zero-order valence-electron chi connectivity index (χ0n) is 10.7. The molecule has 0 radical (unpaired) electrons. The maximum atomic E-state index is 5.89. The van der Waals surface area contributed by atoms with Crippen molar-refractivity contribution in [3.05, 3.63) is 58.1 Å². The summed E-state index contributed by atoms with van der Waals surface area (Å²) in [7, 11) is 2.08. The molecule has 0 spiro atoms. The van der Waals surface area contributed by atoms with Crippen molar-refractivity contribution in [3.63, 3.8) is 0 Å². The van der Waals surface area contributed by atoms with Gasteiger partial charge in [-0.25, -0.2) is 0 Å². The predicted molar refractivity (Wildman–Crippen MR) is 81.8 cm³/mol. The van der Waals surface area contributed by atoms with E-state index < -0.39 is 0 Å². The van der Waals surface area contributed by atoms with E-state index in [0.717, 1.165) is 16.7 Å². The van der Waals surface area contributed by atoms with Gasteiger partial charge in [0.2, 0.25) is 0 Å². The van der Waals surface area contributed by atoms with Crippen LogP contribution >= 0.6 is 15.9 Å². The highest BCUT2D eigenvalue weighted by Crippen LogP contribution is 2.26. The van der Waals surface area contributed by atoms with Crippen LogP contribution < -0.4 is 10.6 Å². The van der Waals surface area contributed by atoms with Crippen molar-refractivity contribution in [2.45, 2.75) is 13.5 Å². The predicted octanol–water partition coefficient (Wildman–Crippen LogP) is 3.98. The summed E-state index contributed by atoms with van der Waals surface area (Å²) in [6.45, 7) is 2.92. The van der Waals surface area contributed by atoms with Crippen molar-refractivity contribution >= 4 is 27.3 Å². The van der Waals surface area contributed by atoms with Crippen molar-refractivity contribution < 1.29 is 0 Å². The van der Waals surface area contributed by atoms with Crippen LogP contribution in [0.15, 0.2) is 46.9 Å². The van der Waals surface area contributed by atoms with E-state index in [-0.39, 0.29) is 0 Å². The van der Waals surface area contributed by atoms with E-state index in [0.29, 0.717) is 0 Å². The van der Waals surface area contributed by atoms with E-state index in [1.54, 1.807) is 0 Å². The molecular formula is C15H17BrN2. The summed E-state index contributed by atoms with van der Waals surface area (Å²) in [6.07, 6.45) is 0. The number of nitrogens with zero attached hydrogens (tertiary/aromatic N) is 1. The third-order valence-corrected chi connectivity index (χ3v) is 3.96. The normalized spacial score (nSPS) is 10.4.